The van der Waals surface area contributed by atoms with Crippen LogP contribution < -0.4 is 4.74 Å². The summed E-state index contributed by atoms with van der Waals surface area (Å²) in [5.41, 5.74) is 0.784. The van der Waals surface area contributed by atoms with Crippen LogP contribution in [0.4, 0.5) is 0 Å². The quantitative estimate of drug-likeness (QED) is 0.417. The van der Waals surface area contributed by atoms with Crippen molar-refractivity contribution in [1.82, 2.24) is 0 Å². The van der Waals surface area contributed by atoms with Gasteiger partial charge in [0.1, 0.15) is 5.75 Å². The molecular formula is C18H24O2. The molecule has 0 saturated heterocycles. The summed E-state index contributed by atoms with van der Waals surface area (Å²) >= 11 is 0. The molecule has 1 aromatic rings. The predicted octanol–water partition coefficient (Wildman–Crippen LogP) is 4.43. The first-order valence-corrected chi connectivity index (χ1v) is 7.28. The molecule has 0 amide bonds. The van der Waals surface area contributed by atoms with Crippen molar-refractivity contribution in [2.45, 2.75) is 46.5 Å². The fraction of sp³-hybridized carbons (Fsp3) is 0.500. The van der Waals surface area contributed by atoms with Crippen LogP contribution in [0, 0.1) is 24.2 Å². The van der Waals surface area contributed by atoms with Crippen molar-refractivity contribution in [1.29, 1.82) is 0 Å². The molecule has 0 aliphatic rings. The van der Waals surface area contributed by atoms with Crippen LogP contribution in [-0.2, 0) is 4.79 Å². The van der Waals surface area contributed by atoms with Crippen molar-refractivity contribution >= 4 is 5.97 Å². The fourth-order valence-corrected chi connectivity index (χ4v) is 2.05. The maximum atomic E-state index is 11.8. The van der Waals surface area contributed by atoms with Gasteiger partial charge in [-0.05, 0) is 36.1 Å². The molecule has 0 fully saturated rings. The number of esters is 1. The minimum atomic E-state index is -0.171. The fourth-order valence-electron chi connectivity index (χ4n) is 2.05. The first kappa shape index (κ1) is 16.3. The number of ether oxygens (including phenoxy) is 1. The van der Waals surface area contributed by atoms with E-state index in [9.17, 15) is 4.79 Å². The number of rotatable bonds is 7. The molecule has 1 aromatic carbocycles. The number of terminal acetylenes is 1. The Morgan fingerprint density at radius 3 is 2.40 bits per heavy atom. The lowest BCUT2D eigenvalue weighted by Gasteiger charge is -2.11. The zero-order valence-electron chi connectivity index (χ0n) is 12.7. The van der Waals surface area contributed by atoms with Crippen LogP contribution in [0.2, 0.25) is 0 Å². The van der Waals surface area contributed by atoms with Crippen molar-refractivity contribution in [2.75, 3.05) is 0 Å². The largest absolute Gasteiger partial charge is 0.427 e. The molecule has 2 heteroatoms. The lowest BCUT2D eigenvalue weighted by Crippen LogP contribution is -2.12. The summed E-state index contributed by atoms with van der Waals surface area (Å²) in [6.07, 6.45) is 9.20. The Morgan fingerprint density at radius 2 is 1.85 bits per heavy atom. The van der Waals surface area contributed by atoms with E-state index in [1.54, 1.807) is 24.3 Å². The van der Waals surface area contributed by atoms with E-state index in [4.69, 9.17) is 11.2 Å². The Labute approximate surface area is 122 Å². The summed E-state index contributed by atoms with van der Waals surface area (Å²) in [6, 6.07) is 7.01. The van der Waals surface area contributed by atoms with Gasteiger partial charge in [-0.2, -0.15) is 0 Å². The topological polar surface area (TPSA) is 26.3 Å². The summed E-state index contributed by atoms with van der Waals surface area (Å²) in [5, 5.41) is 0. The van der Waals surface area contributed by atoms with Gasteiger partial charge >= 0.3 is 5.97 Å². The van der Waals surface area contributed by atoms with Gasteiger partial charge in [-0.15, -0.1) is 6.42 Å². The van der Waals surface area contributed by atoms with Crippen LogP contribution in [0.15, 0.2) is 24.3 Å². The molecule has 108 valence electrons. The summed E-state index contributed by atoms with van der Waals surface area (Å²) in [6.45, 7) is 6.54. The van der Waals surface area contributed by atoms with Crippen molar-refractivity contribution < 1.29 is 9.53 Å². The van der Waals surface area contributed by atoms with Gasteiger partial charge in [0, 0.05) is 12.0 Å². The summed E-state index contributed by atoms with van der Waals surface area (Å²) in [5.74, 6) is 4.01. The van der Waals surface area contributed by atoms with Gasteiger partial charge in [0.25, 0.3) is 0 Å². The van der Waals surface area contributed by atoms with Crippen LogP contribution in [0.25, 0.3) is 0 Å². The molecule has 0 aliphatic carbocycles. The van der Waals surface area contributed by atoms with Gasteiger partial charge in [0.15, 0.2) is 0 Å². The van der Waals surface area contributed by atoms with E-state index in [-0.39, 0.29) is 5.97 Å². The second kappa shape index (κ2) is 8.43. The van der Waals surface area contributed by atoms with Gasteiger partial charge in [-0.1, -0.05) is 46.0 Å². The molecule has 0 radical (unpaired) electrons. The average Bonchev–Trinajstić information content (AvgIpc) is 2.38. The van der Waals surface area contributed by atoms with E-state index < -0.39 is 0 Å². The smallest absolute Gasteiger partial charge is 0.311 e. The van der Waals surface area contributed by atoms with Gasteiger partial charge < -0.3 is 4.74 Å². The highest BCUT2D eigenvalue weighted by atomic mass is 16.5. The third-order valence-electron chi connectivity index (χ3n) is 3.25. The first-order chi connectivity index (χ1) is 9.51. The highest BCUT2D eigenvalue weighted by Crippen LogP contribution is 2.17. The van der Waals surface area contributed by atoms with E-state index in [1.165, 1.54) is 12.8 Å². The molecule has 0 aromatic heterocycles. The molecule has 0 bridgehead atoms. The highest BCUT2D eigenvalue weighted by molar-refractivity contribution is 5.72. The van der Waals surface area contributed by atoms with E-state index >= 15 is 0 Å². The molecule has 2 nitrogen and oxygen atoms in total. The second-order valence-corrected chi connectivity index (χ2v) is 5.78. The number of carbonyl (C=O) groups excluding carboxylic acids is 1. The predicted molar refractivity (Wildman–Crippen MR) is 82.5 cm³/mol. The van der Waals surface area contributed by atoms with E-state index in [2.05, 4.69) is 26.7 Å². The molecule has 20 heavy (non-hydrogen) atoms. The van der Waals surface area contributed by atoms with E-state index in [1.807, 2.05) is 0 Å². The Kier molecular flexibility index (Phi) is 6.87. The van der Waals surface area contributed by atoms with Crippen LogP contribution in [0.3, 0.4) is 0 Å². The Morgan fingerprint density at radius 1 is 1.20 bits per heavy atom. The first-order valence-electron chi connectivity index (χ1n) is 7.28. The molecule has 0 spiro atoms. The summed E-state index contributed by atoms with van der Waals surface area (Å²) in [7, 11) is 0. The van der Waals surface area contributed by atoms with Crippen LogP contribution in [0.1, 0.15) is 52.0 Å². The third kappa shape index (κ3) is 6.43. The lowest BCUT2D eigenvalue weighted by molar-refractivity contribution is -0.135. The molecule has 1 rings (SSSR count). The third-order valence-corrected chi connectivity index (χ3v) is 3.25. The number of carbonyl (C=O) groups is 1. The van der Waals surface area contributed by atoms with Gasteiger partial charge in [0.2, 0.25) is 0 Å². The van der Waals surface area contributed by atoms with Crippen molar-refractivity contribution in [3.8, 4) is 18.1 Å². The molecule has 0 unspecified atom stereocenters. The van der Waals surface area contributed by atoms with Gasteiger partial charge in [0.05, 0.1) is 0 Å². The molecule has 0 aliphatic heterocycles. The molecule has 0 saturated carbocycles. The normalized spacial score (nSPS) is 11.9. The number of benzene rings is 1. The Balaban J connectivity index is 2.33. The average molecular weight is 272 g/mol. The van der Waals surface area contributed by atoms with Crippen LogP contribution in [-0.4, -0.2) is 5.97 Å². The highest BCUT2D eigenvalue weighted by Gasteiger charge is 2.11. The van der Waals surface area contributed by atoms with Crippen molar-refractivity contribution in [3.63, 3.8) is 0 Å². The zero-order valence-corrected chi connectivity index (χ0v) is 12.7. The molecule has 0 N–H and O–H groups in total. The maximum absolute atomic E-state index is 11.8. The Hall–Kier alpha value is -1.75. The standard InChI is InChI=1S/C18H24O2/c1-5-16-9-11-17(12-10-16)20-18(19)13-15(4)8-6-7-14(2)3/h1,9-12,14-15H,6-8,13H2,2-4H3/t15-/m1/s1. The van der Waals surface area contributed by atoms with E-state index in [0.29, 0.717) is 18.1 Å². The molecular weight excluding hydrogens is 248 g/mol. The summed E-state index contributed by atoms with van der Waals surface area (Å²) in [4.78, 5) is 11.8. The lowest BCUT2D eigenvalue weighted by atomic mass is 9.97. The van der Waals surface area contributed by atoms with Crippen LogP contribution >= 0.6 is 0 Å². The zero-order chi connectivity index (χ0) is 15.0. The van der Waals surface area contributed by atoms with E-state index in [0.717, 1.165) is 17.9 Å². The Bertz CT molecular complexity index is 451. The van der Waals surface area contributed by atoms with Gasteiger partial charge in [-0.3, -0.25) is 4.79 Å². The number of hydrogen-bond acceptors (Lipinski definition) is 2. The van der Waals surface area contributed by atoms with Crippen molar-refractivity contribution in [2.24, 2.45) is 11.8 Å². The monoisotopic (exact) mass is 272 g/mol. The maximum Gasteiger partial charge on any atom is 0.311 e. The second-order valence-electron chi connectivity index (χ2n) is 5.78. The van der Waals surface area contributed by atoms with Crippen molar-refractivity contribution in [3.05, 3.63) is 29.8 Å². The summed E-state index contributed by atoms with van der Waals surface area (Å²) < 4.78 is 5.30. The van der Waals surface area contributed by atoms with Crippen LogP contribution in [0.5, 0.6) is 5.75 Å². The van der Waals surface area contributed by atoms with Gasteiger partial charge in [-0.25, -0.2) is 0 Å². The minimum Gasteiger partial charge on any atom is -0.427 e. The minimum absolute atomic E-state index is 0.171. The SMILES string of the molecule is C#Cc1ccc(OC(=O)C[C@H](C)CCCC(C)C)cc1. The molecule has 1 atom stereocenters. The molecule has 0 heterocycles. The number of hydrogen-bond donors (Lipinski definition) is 0.